The fraction of sp³-hybridized carbons (Fsp3) is 0.333. The van der Waals surface area contributed by atoms with Crippen molar-refractivity contribution in [3.8, 4) is 5.75 Å². The average Bonchev–Trinajstić information content (AvgIpc) is 2.77. The molecule has 0 saturated carbocycles. The minimum atomic E-state index is -0.195. The van der Waals surface area contributed by atoms with E-state index < -0.39 is 0 Å². The number of carbonyl (C=O) groups is 1. The molecule has 0 bridgehead atoms. The Hall–Kier alpha value is -1.76. The lowest BCUT2D eigenvalue weighted by Gasteiger charge is -2.01. The van der Waals surface area contributed by atoms with Gasteiger partial charge in [0.2, 0.25) is 0 Å². The minimum absolute atomic E-state index is 0.0871. The highest BCUT2D eigenvalue weighted by Crippen LogP contribution is 2.20. The van der Waals surface area contributed by atoms with Gasteiger partial charge in [-0.15, -0.1) is 11.3 Å². The molecule has 7 heteroatoms. The van der Waals surface area contributed by atoms with Crippen LogP contribution in [0, 0.1) is 0 Å². The van der Waals surface area contributed by atoms with Crippen molar-refractivity contribution >= 4 is 23.1 Å². The van der Waals surface area contributed by atoms with Crippen molar-refractivity contribution in [3.05, 3.63) is 16.3 Å². The molecule has 0 radical (unpaired) electrons. The fourth-order valence-electron chi connectivity index (χ4n) is 0.986. The molecule has 0 spiro atoms. The third-order valence-corrected chi connectivity index (χ3v) is 2.74. The summed E-state index contributed by atoms with van der Waals surface area (Å²) >= 11 is 1.30. The lowest BCUT2D eigenvalue weighted by atomic mass is 10.3. The van der Waals surface area contributed by atoms with E-state index >= 15 is 0 Å². The summed E-state index contributed by atoms with van der Waals surface area (Å²) in [5, 5.41) is 15.5. The number of methoxy groups -OCH3 is 1. The van der Waals surface area contributed by atoms with Crippen molar-refractivity contribution in [2.75, 3.05) is 13.7 Å². The lowest BCUT2D eigenvalue weighted by Crippen LogP contribution is -2.27. The van der Waals surface area contributed by atoms with Crippen molar-refractivity contribution in [1.29, 1.82) is 0 Å². The van der Waals surface area contributed by atoms with Gasteiger partial charge >= 0.3 is 0 Å². The van der Waals surface area contributed by atoms with Crippen LogP contribution >= 0.6 is 11.3 Å². The highest BCUT2D eigenvalue weighted by atomic mass is 32.1. The molecule has 1 aromatic rings. The third kappa shape index (κ3) is 3.43. The predicted molar refractivity (Wildman–Crippen MR) is 61.2 cm³/mol. The summed E-state index contributed by atoms with van der Waals surface area (Å²) in [5.41, 5.74) is 5.25. The molecule has 1 heterocycles. The van der Waals surface area contributed by atoms with Crippen molar-refractivity contribution in [2.45, 2.75) is 6.42 Å². The Morgan fingerprint density at radius 1 is 1.75 bits per heavy atom. The molecular formula is C9H13N3O3S. The number of oxime groups is 1. The molecule has 6 nitrogen and oxygen atoms in total. The monoisotopic (exact) mass is 243 g/mol. The van der Waals surface area contributed by atoms with Crippen LogP contribution in [0.4, 0.5) is 0 Å². The molecule has 0 unspecified atom stereocenters. The van der Waals surface area contributed by atoms with Crippen molar-refractivity contribution in [1.82, 2.24) is 5.32 Å². The van der Waals surface area contributed by atoms with E-state index in [2.05, 4.69) is 10.5 Å². The van der Waals surface area contributed by atoms with Crippen LogP contribution in [0.25, 0.3) is 0 Å². The summed E-state index contributed by atoms with van der Waals surface area (Å²) < 4.78 is 4.96. The Balaban J connectivity index is 2.41. The normalized spacial score (nSPS) is 11.2. The SMILES string of the molecule is COc1csc(C(=O)NCCC(N)=NO)c1. The van der Waals surface area contributed by atoms with E-state index in [1.54, 1.807) is 18.6 Å². The Morgan fingerprint density at radius 2 is 2.50 bits per heavy atom. The Labute approximate surface area is 96.7 Å². The number of hydrogen-bond acceptors (Lipinski definition) is 5. The summed E-state index contributed by atoms with van der Waals surface area (Å²) in [6, 6.07) is 1.66. The first-order valence-electron chi connectivity index (χ1n) is 4.54. The number of nitrogens with two attached hydrogens (primary N) is 1. The molecule has 4 N–H and O–H groups in total. The van der Waals surface area contributed by atoms with Crippen LogP contribution in [0.1, 0.15) is 16.1 Å². The number of nitrogens with one attached hydrogen (secondary N) is 1. The molecule has 0 aliphatic rings. The van der Waals surface area contributed by atoms with Gasteiger partial charge in [0.15, 0.2) is 0 Å². The van der Waals surface area contributed by atoms with Crippen LogP contribution in [0.15, 0.2) is 16.6 Å². The zero-order valence-electron chi connectivity index (χ0n) is 8.77. The first kappa shape index (κ1) is 12.3. The zero-order valence-corrected chi connectivity index (χ0v) is 9.58. The second-order valence-corrected chi connectivity index (χ2v) is 3.86. The van der Waals surface area contributed by atoms with Crippen LogP contribution in [0.2, 0.25) is 0 Å². The van der Waals surface area contributed by atoms with Gasteiger partial charge in [-0.05, 0) is 0 Å². The second kappa shape index (κ2) is 5.96. The topological polar surface area (TPSA) is 96.9 Å². The van der Waals surface area contributed by atoms with Crippen LogP contribution in [0.3, 0.4) is 0 Å². The summed E-state index contributed by atoms with van der Waals surface area (Å²) in [6.07, 6.45) is 0.310. The summed E-state index contributed by atoms with van der Waals surface area (Å²) in [6.45, 7) is 0.328. The number of ether oxygens (including phenoxy) is 1. The molecule has 1 amide bonds. The van der Waals surface area contributed by atoms with Gasteiger partial charge in [0.25, 0.3) is 5.91 Å². The molecule has 0 fully saturated rings. The molecule has 0 saturated heterocycles. The first-order valence-corrected chi connectivity index (χ1v) is 5.42. The molecule has 1 rings (SSSR count). The highest BCUT2D eigenvalue weighted by Gasteiger charge is 2.08. The van der Waals surface area contributed by atoms with E-state index in [-0.39, 0.29) is 11.7 Å². The maximum atomic E-state index is 11.5. The lowest BCUT2D eigenvalue weighted by molar-refractivity contribution is 0.0958. The summed E-state index contributed by atoms with van der Waals surface area (Å²) in [7, 11) is 1.54. The van der Waals surface area contributed by atoms with Gasteiger partial charge in [-0.25, -0.2) is 0 Å². The largest absolute Gasteiger partial charge is 0.496 e. The molecular weight excluding hydrogens is 230 g/mol. The number of nitrogens with zero attached hydrogens (tertiary/aromatic N) is 1. The number of amides is 1. The van der Waals surface area contributed by atoms with E-state index in [9.17, 15) is 4.79 Å². The predicted octanol–water partition coefficient (Wildman–Crippen LogP) is 0.623. The first-order chi connectivity index (χ1) is 7.67. The van der Waals surface area contributed by atoms with Gasteiger partial charge in [0, 0.05) is 24.4 Å². The summed E-state index contributed by atoms with van der Waals surface area (Å²) in [4.78, 5) is 12.1. The molecule has 0 atom stereocenters. The molecule has 0 aliphatic heterocycles. The molecule has 0 aromatic carbocycles. The molecule has 16 heavy (non-hydrogen) atoms. The Morgan fingerprint density at radius 3 is 3.06 bits per heavy atom. The van der Waals surface area contributed by atoms with Crippen LogP contribution in [-0.2, 0) is 0 Å². The van der Waals surface area contributed by atoms with Gasteiger partial charge in [0.05, 0.1) is 12.0 Å². The number of rotatable bonds is 5. The molecule has 0 aliphatic carbocycles. The standard InChI is InChI=1S/C9H13N3O3S/c1-15-6-4-7(16-5-6)9(13)11-3-2-8(10)12-14/h4-5,14H,2-3H2,1H3,(H2,10,12)(H,11,13). The second-order valence-electron chi connectivity index (χ2n) is 2.95. The van der Waals surface area contributed by atoms with Crippen molar-refractivity contribution in [3.63, 3.8) is 0 Å². The van der Waals surface area contributed by atoms with Gasteiger partial charge in [-0.1, -0.05) is 5.16 Å². The molecule has 88 valence electrons. The number of thiophene rings is 1. The smallest absolute Gasteiger partial charge is 0.261 e. The zero-order chi connectivity index (χ0) is 12.0. The van der Waals surface area contributed by atoms with Gasteiger partial charge in [-0.3, -0.25) is 4.79 Å². The fourth-order valence-corrected chi connectivity index (χ4v) is 1.76. The van der Waals surface area contributed by atoms with Gasteiger partial charge in [-0.2, -0.15) is 0 Å². The summed E-state index contributed by atoms with van der Waals surface area (Å²) in [5.74, 6) is 0.551. The van der Waals surface area contributed by atoms with Gasteiger partial charge in [0.1, 0.15) is 11.6 Å². The highest BCUT2D eigenvalue weighted by molar-refractivity contribution is 7.12. The van der Waals surface area contributed by atoms with E-state index in [1.165, 1.54) is 11.3 Å². The maximum absolute atomic E-state index is 11.5. The van der Waals surface area contributed by atoms with Crippen LogP contribution in [0.5, 0.6) is 5.75 Å². The third-order valence-electron chi connectivity index (χ3n) is 1.83. The molecule has 1 aromatic heterocycles. The van der Waals surface area contributed by atoms with E-state index in [0.717, 1.165) is 0 Å². The number of amidine groups is 1. The van der Waals surface area contributed by atoms with E-state index in [0.29, 0.717) is 23.6 Å². The average molecular weight is 243 g/mol. The Bertz CT molecular complexity index is 389. The van der Waals surface area contributed by atoms with E-state index in [1.807, 2.05) is 0 Å². The van der Waals surface area contributed by atoms with E-state index in [4.69, 9.17) is 15.7 Å². The quantitative estimate of drug-likeness (QED) is 0.306. The number of carbonyl (C=O) groups excluding carboxylic acids is 1. The minimum Gasteiger partial charge on any atom is -0.496 e. The maximum Gasteiger partial charge on any atom is 0.261 e. The Kier molecular flexibility index (Phi) is 4.59. The van der Waals surface area contributed by atoms with Gasteiger partial charge < -0.3 is 21.0 Å². The van der Waals surface area contributed by atoms with Crippen LogP contribution < -0.4 is 15.8 Å². The van der Waals surface area contributed by atoms with Crippen molar-refractivity contribution < 1.29 is 14.7 Å². The number of hydrogen-bond donors (Lipinski definition) is 3. The van der Waals surface area contributed by atoms with Crippen LogP contribution in [-0.4, -0.2) is 30.6 Å². The van der Waals surface area contributed by atoms with Crippen molar-refractivity contribution in [2.24, 2.45) is 10.9 Å².